The fourth-order valence-electron chi connectivity index (χ4n) is 1.51. The van der Waals surface area contributed by atoms with Crippen LogP contribution in [0.2, 0.25) is 5.02 Å². The quantitative estimate of drug-likeness (QED) is 0.877. The maximum atomic E-state index is 12.0. The molecule has 0 unspecified atom stereocenters. The van der Waals surface area contributed by atoms with Crippen LogP contribution in [0, 0.1) is 0 Å². The van der Waals surface area contributed by atoms with E-state index in [0.717, 1.165) is 0 Å². The molecule has 1 aromatic carbocycles. The van der Waals surface area contributed by atoms with Gasteiger partial charge in [-0.3, -0.25) is 14.3 Å². The molecule has 1 heterocycles. The van der Waals surface area contributed by atoms with Crippen molar-refractivity contribution in [1.82, 2.24) is 9.78 Å². The van der Waals surface area contributed by atoms with Gasteiger partial charge in [0.15, 0.2) is 0 Å². The molecule has 1 aromatic heterocycles. The highest BCUT2D eigenvalue weighted by Crippen LogP contribution is 2.23. The van der Waals surface area contributed by atoms with Crippen LogP contribution >= 0.6 is 27.5 Å². The second-order valence-electron chi connectivity index (χ2n) is 3.98. The van der Waals surface area contributed by atoms with Crippen molar-refractivity contribution in [2.75, 3.05) is 5.32 Å². The van der Waals surface area contributed by atoms with E-state index >= 15 is 0 Å². The normalized spacial score (nSPS) is 10.3. The summed E-state index contributed by atoms with van der Waals surface area (Å²) in [5.41, 5.74) is 5.97. The maximum absolute atomic E-state index is 12.0. The van der Waals surface area contributed by atoms with Gasteiger partial charge < -0.3 is 11.1 Å². The summed E-state index contributed by atoms with van der Waals surface area (Å²) in [6.45, 7) is -0.0393. The van der Waals surface area contributed by atoms with E-state index in [-0.39, 0.29) is 12.5 Å². The lowest BCUT2D eigenvalue weighted by molar-refractivity contribution is -0.118. The van der Waals surface area contributed by atoms with Crippen LogP contribution in [0.5, 0.6) is 0 Å². The van der Waals surface area contributed by atoms with E-state index in [1.165, 1.54) is 17.1 Å². The summed E-state index contributed by atoms with van der Waals surface area (Å²) in [6.07, 6.45) is 2.96. The van der Waals surface area contributed by atoms with Crippen molar-refractivity contribution in [3.05, 3.63) is 45.7 Å². The molecule has 0 saturated heterocycles. The lowest BCUT2D eigenvalue weighted by Crippen LogP contribution is -2.18. The van der Waals surface area contributed by atoms with Crippen LogP contribution in [0.15, 0.2) is 35.1 Å². The summed E-state index contributed by atoms with van der Waals surface area (Å²) in [4.78, 5) is 22.8. The predicted molar refractivity (Wildman–Crippen MR) is 78.5 cm³/mol. The second-order valence-corrected chi connectivity index (χ2v) is 5.24. The molecule has 8 heteroatoms. The van der Waals surface area contributed by atoms with Crippen molar-refractivity contribution in [3.8, 4) is 0 Å². The van der Waals surface area contributed by atoms with Gasteiger partial charge in [0, 0.05) is 16.2 Å². The molecule has 3 N–H and O–H groups in total. The molecule has 2 amide bonds. The van der Waals surface area contributed by atoms with Crippen LogP contribution in [0.1, 0.15) is 10.4 Å². The number of nitrogens with two attached hydrogens (primary N) is 1. The fourth-order valence-corrected chi connectivity index (χ4v) is 2.01. The van der Waals surface area contributed by atoms with Crippen molar-refractivity contribution in [2.45, 2.75) is 6.54 Å². The third-order valence-electron chi connectivity index (χ3n) is 2.39. The first kappa shape index (κ1) is 14.5. The monoisotopic (exact) mass is 356 g/mol. The topological polar surface area (TPSA) is 90.0 Å². The minimum Gasteiger partial charge on any atom is -0.368 e. The number of hydrogen-bond acceptors (Lipinski definition) is 3. The molecular formula is C12H10BrClN4O2. The predicted octanol–water partition coefficient (Wildman–Crippen LogP) is 2.04. The van der Waals surface area contributed by atoms with E-state index in [4.69, 9.17) is 17.3 Å². The third-order valence-corrected chi connectivity index (χ3v) is 3.60. The average Bonchev–Trinajstić information content (AvgIpc) is 2.79. The summed E-state index contributed by atoms with van der Waals surface area (Å²) in [5.74, 6) is -0.811. The number of carbonyl (C=O) groups is 2. The lowest BCUT2D eigenvalue weighted by Gasteiger charge is -2.03. The van der Waals surface area contributed by atoms with Crippen LogP contribution in [-0.4, -0.2) is 21.6 Å². The Balaban J connectivity index is 2.09. The molecule has 2 rings (SSSR count). The van der Waals surface area contributed by atoms with Crippen LogP contribution in [0.25, 0.3) is 0 Å². The average molecular weight is 358 g/mol. The number of amides is 2. The van der Waals surface area contributed by atoms with Crippen LogP contribution in [-0.2, 0) is 11.3 Å². The number of halogens is 2. The molecule has 0 saturated carbocycles. The first-order valence-corrected chi connectivity index (χ1v) is 6.70. The highest BCUT2D eigenvalue weighted by atomic mass is 79.9. The van der Waals surface area contributed by atoms with Gasteiger partial charge >= 0.3 is 0 Å². The number of benzene rings is 1. The summed E-state index contributed by atoms with van der Waals surface area (Å²) >= 11 is 9.11. The van der Waals surface area contributed by atoms with Gasteiger partial charge in [0.25, 0.3) is 5.91 Å². The number of hydrogen-bond donors (Lipinski definition) is 2. The zero-order valence-corrected chi connectivity index (χ0v) is 12.5. The highest BCUT2D eigenvalue weighted by molar-refractivity contribution is 9.10. The first-order chi connectivity index (χ1) is 9.45. The van der Waals surface area contributed by atoms with Crippen molar-refractivity contribution >= 4 is 45.0 Å². The molecule has 0 aliphatic heterocycles. The summed E-state index contributed by atoms with van der Waals surface area (Å²) in [6, 6.07) is 4.85. The molecule has 0 bridgehead atoms. The van der Waals surface area contributed by atoms with Crippen LogP contribution in [0.4, 0.5) is 5.69 Å². The Labute approximate surface area is 128 Å². The zero-order valence-electron chi connectivity index (χ0n) is 10.1. The number of nitrogens with zero attached hydrogens (tertiary/aromatic N) is 2. The first-order valence-electron chi connectivity index (χ1n) is 5.53. The van der Waals surface area contributed by atoms with Crippen molar-refractivity contribution in [1.29, 1.82) is 0 Å². The molecule has 0 radical (unpaired) electrons. The van der Waals surface area contributed by atoms with Gasteiger partial charge in [-0.05, 0) is 34.1 Å². The number of primary amides is 1. The Morgan fingerprint density at radius 2 is 2.20 bits per heavy atom. The fraction of sp³-hybridized carbons (Fsp3) is 0.0833. The summed E-state index contributed by atoms with van der Waals surface area (Å²) in [7, 11) is 0. The molecule has 0 atom stereocenters. The molecule has 0 aliphatic rings. The van der Waals surface area contributed by atoms with Crippen molar-refractivity contribution < 1.29 is 9.59 Å². The Morgan fingerprint density at radius 1 is 1.45 bits per heavy atom. The summed E-state index contributed by atoms with van der Waals surface area (Å²) in [5, 5.41) is 7.09. The molecule has 0 aliphatic carbocycles. The Morgan fingerprint density at radius 3 is 2.85 bits per heavy atom. The van der Waals surface area contributed by atoms with Gasteiger partial charge in [0.1, 0.15) is 6.54 Å². The van der Waals surface area contributed by atoms with Gasteiger partial charge in [-0.25, -0.2) is 0 Å². The standard InChI is InChI=1S/C12H10BrClN4O2/c13-9-3-7(1-2-10(9)14)12(20)17-8-4-16-18(5-8)6-11(15)19/h1-5H,6H2,(H2,15,19)(H,17,20). The van der Waals surface area contributed by atoms with Gasteiger partial charge in [-0.2, -0.15) is 5.10 Å². The smallest absolute Gasteiger partial charge is 0.255 e. The lowest BCUT2D eigenvalue weighted by atomic mass is 10.2. The molecule has 0 fully saturated rings. The minimum atomic E-state index is -0.507. The van der Waals surface area contributed by atoms with E-state index in [9.17, 15) is 9.59 Å². The Kier molecular flexibility index (Phi) is 4.41. The molecule has 2 aromatic rings. The molecule has 20 heavy (non-hydrogen) atoms. The number of carbonyl (C=O) groups excluding carboxylic acids is 2. The Hall–Kier alpha value is -1.86. The maximum Gasteiger partial charge on any atom is 0.255 e. The van der Waals surface area contributed by atoms with Crippen LogP contribution < -0.4 is 11.1 Å². The minimum absolute atomic E-state index is 0.0393. The number of nitrogens with one attached hydrogen (secondary N) is 1. The third kappa shape index (κ3) is 3.58. The largest absolute Gasteiger partial charge is 0.368 e. The summed E-state index contributed by atoms with van der Waals surface area (Å²) < 4.78 is 1.98. The number of aromatic nitrogens is 2. The van der Waals surface area contributed by atoms with Gasteiger partial charge in [0.2, 0.25) is 5.91 Å². The number of rotatable bonds is 4. The van der Waals surface area contributed by atoms with Gasteiger partial charge in [-0.15, -0.1) is 0 Å². The SMILES string of the molecule is NC(=O)Cn1cc(NC(=O)c2ccc(Cl)c(Br)c2)cn1. The van der Waals surface area contributed by atoms with E-state index in [1.54, 1.807) is 18.2 Å². The van der Waals surface area contributed by atoms with Crippen LogP contribution in [0.3, 0.4) is 0 Å². The molecular weight excluding hydrogens is 348 g/mol. The Bertz CT molecular complexity index is 671. The molecule has 6 nitrogen and oxygen atoms in total. The van der Waals surface area contributed by atoms with Gasteiger partial charge in [-0.1, -0.05) is 11.6 Å². The van der Waals surface area contributed by atoms with E-state index in [0.29, 0.717) is 20.7 Å². The number of anilines is 1. The highest BCUT2D eigenvalue weighted by Gasteiger charge is 2.09. The second kappa shape index (κ2) is 6.06. The van der Waals surface area contributed by atoms with Gasteiger partial charge in [0.05, 0.1) is 16.9 Å². The van der Waals surface area contributed by atoms with E-state index in [1.807, 2.05) is 0 Å². The van der Waals surface area contributed by atoms with E-state index < -0.39 is 5.91 Å². The molecule has 0 spiro atoms. The van der Waals surface area contributed by atoms with Crippen molar-refractivity contribution in [3.63, 3.8) is 0 Å². The zero-order chi connectivity index (χ0) is 14.7. The molecule has 104 valence electrons. The van der Waals surface area contributed by atoms with Crippen molar-refractivity contribution in [2.24, 2.45) is 5.73 Å². The van der Waals surface area contributed by atoms with E-state index in [2.05, 4.69) is 26.3 Å².